The van der Waals surface area contributed by atoms with Crippen LogP contribution in [0.5, 0.6) is 0 Å². The molecule has 0 atom stereocenters. The number of hydrogen-bond acceptors (Lipinski definition) is 4. The van der Waals surface area contributed by atoms with Gasteiger partial charge in [0.1, 0.15) is 0 Å². The number of rotatable bonds is 4. The number of carbonyl (C=O) groups excluding carboxylic acids is 1. The quantitative estimate of drug-likeness (QED) is 0.894. The molecule has 1 aliphatic heterocycles. The van der Waals surface area contributed by atoms with E-state index in [4.69, 9.17) is 5.26 Å². The molecule has 0 saturated carbocycles. The SMILES string of the molecule is N#Cc1ccc(NC(=O)CCN2CCCS2(=O)=O)cc1. The molecule has 1 aromatic carbocycles. The lowest BCUT2D eigenvalue weighted by molar-refractivity contribution is -0.116. The molecule has 1 amide bonds. The zero-order chi connectivity index (χ0) is 14.6. The molecule has 1 saturated heterocycles. The van der Waals surface area contributed by atoms with Gasteiger partial charge in [-0.25, -0.2) is 12.7 Å². The predicted molar refractivity (Wildman–Crippen MR) is 74.4 cm³/mol. The molecule has 6 nitrogen and oxygen atoms in total. The van der Waals surface area contributed by atoms with Crippen LogP contribution in [0, 0.1) is 11.3 Å². The summed E-state index contributed by atoms with van der Waals surface area (Å²) in [6.07, 6.45) is 0.749. The van der Waals surface area contributed by atoms with Gasteiger partial charge in [-0.1, -0.05) is 0 Å². The first-order valence-electron chi connectivity index (χ1n) is 6.29. The van der Waals surface area contributed by atoms with Crippen molar-refractivity contribution < 1.29 is 13.2 Å². The Labute approximate surface area is 118 Å². The van der Waals surface area contributed by atoms with Crippen LogP contribution in [0.4, 0.5) is 5.69 Å². The van der Waals surface area contributed by atoms with Gasteiger partial charge < -0.3 is 5.32 Å². The smallest absolute Gasteiger partial charge is 0.225 e. The standard InChI is InChI=1S/C13H15N3O3S/c14-10-11-2-4-12(5-3-11)15-13(17)6-8-16-7-1-9-20(16,18)19/h2-5H,1,6-9H2,(H,15,17). The van der Waals surface area contributed by atoms with Crippen molar-refractivity contribution in [1.29, 1.82) is 5.26 Å². The van der Waals surface area contributed by atoms with Crippen LogP contribution < -0.4 is 5.32 Å². The van der Waals surface area contributed by atoms with Crippen molar-refractivity contribution in [2.24, 2.45) is 0 Å². The van der Waals surface area contributed by atoms with Gasteiger partial charge in [0, 0.05) is 25.2 Å². The van der Waals surface area contributed by atoms with Gasteiger partial charge in [-0.05, 0) is 30.7 Å². The fraction of sp³-hybridized carbons (Fsp3) is 0.385. The summed E-state index contributed by atoms with van der Waals surface area (Å²) >= 11 is 0. The third-order valence-electron chi connectivity index (χ3n) is 3.09. The second-order valence-electron chi connectivity index (χ2n) is 4.56. The van der Waals surface area contributed by atoms with Crippen LogP contribution in [-0.4, -0.2) is 37.5 Å². The fourth-order valence-electron chi connectivity index (χ4n) is 2.02. The van der Waals surface area contributed by atoms with Gasteiger partial charge in [0.05, 0.1) is 17.4 Å². The molecule has 0 aromatic heterocycles. The number of sulfonamides is 1. The van der Waals surface area contributed by atoms with E-state index in [1.165, 1.54) is 4.31 Å². The zero-order valence-corrected chi connectivity index (χ0v) is 11.7. The molecule has 1 aliphatic rings. The molecule has 2 rings (SSSR count). The highest BCUT2D eigenvalue weighted by Crippen LogP contribution is 2.14. The van der Waals surface area contributed by atoms with Crippen molar-refractivity contribution in [2.45, 2.75) is 12.8 Å². The van der Waals surface area contributed by atoms with E-state index >= 15 is 0 Å². The number of carbonyl (C=O) groups is 1. The van der Waals surface area contributed by atoms with Crippen molar-refractivity contribution >= 4 is 21.6 Å². The molecule has 106 valence electrons. The number of nitrogens with one attached hydrogen (secondary N) is 1. The largest absolute Gasteiger partial charge is 0.326 e. The van der Waals surface area contributed by atoms with Crippen molar-refractivity contribution in [3.8, 4) is 6.07 Å². The Morgan fingerprint density at radius 1 is 1.35 bits per heavy atom. The number of benzene rings is 1. The minimum absolute atomic E-state index is 0.124. The third-order valence-corrected chi connectivity index (χ3v) is 5.05. The van der Waals surface area contributed by atoms with Crippen molar-refractivity contribution in [1.82, 2.24) is 4.31 Å². The van der Waals surface area contributed by atoms with E-state index < -0.39 is 10.0 Å². The molecule has 0 spiro atoms. The van der Waals surface area contributed by atoms with Crippen LogP contribution in [0.15, 0.2) is 24.3 Å². The second-order valence-corrected chi connectivity index (χ2v) is 6.64. The molecule has 0 unspecified atom stereocenters. The minimum Gasteiger partial charge on any atom is -0.326 e. The summed E-state index contributed by atoms with van der Waals surface area (Å²) < 4.78 is 24.5. The molecular formula is C13H15N3O3S. The topological polar surface area (TPSA) is 90.3 Å². The highest BCUT2D eigenvalue weighted by Gasteiger charge is 2.28. The monoisotopic (exact) mass is 293 g/mol. The molecule has 1 fully saturated rings. The molecule has 1 heterocycles. The number of nitrogens with zero attached hydrogens (tertiary/aromatic N) is 2. The molecule has 0 bridgehead atoms. The van der Waals surface area contributed by atoms with E-state index in [0.29, 0.717) is 24.2 Å². The zero-order valence-electron chi connectivity index (χ0n) is 10.9. The predicted octanol–water partition coefficient (Wildman–Crippen LogP) is 0.922. The number of anilines is 1. The first-order chi connectivity index (χ1) is 9.51. The summed E-state index contributed by atoms with van der Waals surface area (Å²) in [5.41, 5.74) is 1.12. The van der Waals surface area contributed by atoms with Crippen LogP contribution in [-0.2, 0) is 14.8 Å². The van der Waals surface area contributed by atoms with Crippen molar-refractivity contribution in [3.63, 3.8) is 0 Å². The van der Waals surface area contributed by atoms with Gasteiger partial charge >= 0.3 is 0 Å². The van der Waals surface area contributed by atoms with Gasteiger partial charge in [0.2, 0.25) is 15.9 Å². The van der Waals surface area contributed by atoms with Gasteiger partial charge in [-0.2, -0.15) is 5.26 Å². The average molecular weight is 293 g/mol. The molecule has 20 heavy (non-hydrogen) atoms. The van der Waals surface area contributed by atoms with Crippen molar-refractivity contribution in [3.05, 3.63) is 29.8 Å². The van der Waals surface area contributed by atoms with E-state index in [2.05, 4.69) is 5.32 Å². The molecule has 0 radical (unpaired) electrons. The maximum atomic E-state index is 11.7. The van der Waals surface area contributed by atoms with Gasteiger partial charge in [-0.15, -0.1) is 0 Å². The van der Waals surface area contributed by atoms with Crippen LogP contribution in [0.2, 0.25) is 0 Å². The van der Waals surface area contributed by atoms with Crippen LogP contribution in [0.25, 0.3) is 0 Å². The Morgan fingerprint density at radius 2 is 2.05 bits per heavy atom. The Kier molecular flexibility index (Phi) is 4.37. The lowest BCUT2D eigenvalue weighted by Crippen LogP contribution is -2.29. The highest BCUT2D eigenvalue weighted by atomic mass is 32.2. The average Bonchev–Trinajstić information content (AvgIpc) is 2.76. The molecule has 1 aromatic rings. The summed E-state index contributed by atoms with van der Waals surface area (Å²) in [7, 11) is -3.15. The lowest BCUT2D eigenvalue weighted by Gasteiger charge is -2.13. The van der Waals surface area contributed by atoms with Crippen LogP contribution in [0.1, 0.15) is 18.4 Å². The fourth-order valence-corrected chi connectivity index (χ4v) is 3.55. The van der Waals surface area contributed by atoms with Gasteiger partial charge in [-0.3, -0.25) is 4.79 Å². The molecule has 1 N–H and O–H groups in total. The van der Waals surface area contributed by atoms with Crippen LogP contribution >= 0.6 is 0 Å². The summed E-state index contributed by atoms with van der Waals surface area (Å²) in [5.74, 6) is -0.0682. The van der Waals surface area contributed by atoms with Crippen LogP contribution in [0.3, 0.4) is 0 Å². The summed E-state index contributed by atoms with van der Waals surface area (Å²) in [5, 5.41) is 11.3. The number of hydrogen-bond donors (Lipinski definition) is 1. The number of nitriles is 1. The first kappa shape index (κ1) is 14.5. The van der Waals surface area contributed by atoms with E-state index in [-0.39, 0.29) is 24.6 Å². The first-order valence-corrected chi connectivity index (χ1v) is 7.90. The maximum absolute atomic E-state index is 11.7. The Morgan fingerprint density at radius 3 is 2.60 bits per heavy atom. The Hall–Kier alpha value is -1.91. The van der Waals surface area contributed by atoms with E-state index in [1.54, 1.807) is 24.3 Å². The molecule has 7 heteroatoms. The van der Waals surface area contributed by atoms with E-state index in [1.807, 2.05) is 6.07 Å². The Bertz CT molecular complexity index is 632. The lowest BCUT2D eigenvalue weighted by atomic mass is 10.2. The molecule has 0 aliphatic carbocycles. The molecular weight excluding hydrogens is 278 g/mol. The third kappa shape index (κ3) is 3.56. The highest BCUT2D eigenvalue weighted by molar-refractivity contribution is 7.89. The van der Waals surface area contributed by atoms with E-state index in [0.717, 1.165) is 0 Å². The van der Waals surface area contributed by atoms with Gasteiger partial charge in [0.15, 0.2) is 0 Å². The van der Waals surface area contributed by atoms with E-state index in [9.17, 15) is 13.2 Å². The summed E-state index contributed by atoms with van der Waals surface area (Å²) in [6, 6.07) is 8.50. The Balaban J connectivity index is 1.85. The number of amides is 1. The summed E-state index contributed by atoms with van der Waals surface area (Å²) in [6.45, 7) is 0.705. The van der Waals surface area contributed by atoms with Gasteiger partial charge in [0.25, 0.3) is 0 Å². The normalized spacial score (nSPS) is 17.6. The second kappa shape index (κ2) is 6.03. The van der Waals surface area contributed by atoms with Crippen molar-refractivity contribution in [2.75, 3.05) is 24.2 Å². The summed E-state index contributed by atoms with van der Waals surface area (Å²) in [4.78, 5) is 11.7. The maximum Gasteiger partial charge on any atom is 0.225 e. The minimum atomic E-state index is -3.15.